The highest BCUT2D eigenvalue weighted by molar-refractivity contribution is 6.32. The summed E-state index contributed by atoms with van der Waals surface area (Å²) >= 11 is 6.24. The van der Waals surface area contributed by atoms with E-state index < -0.39 is 23.6 Å². The van der Waals surface area contributed by atoms with Crippen molar-refractivity contribution >= 4 is 17.5 Å². The second kappa shape index (κ2) is 11.6. The fourth-order valence-electron chi connectivity index (χ4n) is 4.67. The first-order valence-electron chi connectivity index (χ1n) is 12.6. The number of amides is 1. The number of ether oxygens (including phenoxy) is 1. The van der Waals surface area contributed by atoms with Gasteiger partial charge in [0, 0.05) is 48.0 Å². The van der Waals surface area contributed by atoms with Crippen LogP contribution in [0.2, 0.25) is 5.02 Å². The SMILES string of the molecule is CC(C)Oc1ccc(C(=O)NC(CCO)Cc2c(F)cc(-c3cn4c(n3)C(C)CCC4)cc2F)cc1Cl. The van der Waals surface area contributed by atoms with E-state index in [1.165, 1.54) is 18.2 Å². The molecule has 4 rings (SSSR count). The molecule has 198 valence electrons. The molecular weight excluding hydrogens is 500 g/mol. The van der Waals surface area contributed by atoms with Gasteiger partial charge in [0.2, 0.25) is 0 Å². The Hall–Kier alpha value is -2.97. The lowest BCUT2D eigenvalue weighted by Crippen LogP contribution is -2.37. The van der Waals surface area contributed by atoms with Crippen LogP contribution >= 0.6 is 11.6 Å². The molecule has 2 aromatic carbocycles. The van der Waals surface area contributed by atoms with Crippen LogP contribution in [0.3, 0.4) is 0 Å². The summed E-state index contributed by atoms with van der Waals surface area (Å²) in [5, 5.41) is 12.6. The Balaban J connectivity index is 1.51. The molecule has 0 fully saturated rings. The number of hydrogen-bond donors (Lipinski definition) is 2. The van der Waals surface area contributed by atoms with Gasteiger partial charge >= 0.3 is 0 Å². The van der Waals surface area contributed by atoms with Gasteiger partial charge in [-0.05, 0) is 69.9 Å². The number of aromatic nitrogens is 2. The lowest BCUT2D eigenvalue weighted by molar-refractivity contribution is 0.0929. The summed E-state index contributed by atoms with van der Waals surface area (Å²) in [5.74, 6) is -0.216. The summed E-state index contributed by atoms with van der Waals surface area (Å²) in [4.78, 5) is 17.5. The van der Waals surface area contributed by atoms with Crippen molar-refractivity contribution in [1.29, 1.82) is 0 Å². The van der Waals surface area contributed by atoms with E-state index in [0.29, 0.717) is 22.9 Å². The van der Waals surface area contributed by atoms with Crippen LogP contribution in [0.5, 0.6) is 5.75 Å². The number of halogens is 3. The average molecular weight is 532 g/mol. The minimum atomic E-state index is -0.718. The molecule has 2 N–H and O–H groups in total. The second-order valence-electron chi connectivity index (χ2n) is 9.84. The normalized spacial score (nSPS) is 15.9. The van der Waals surface area contributed by atoms with Gasteiger partial charge in [-0.15, -0.1) is 0 Å². The third-order valence-electron chi connectivity index (χ3n) is 6.54. The van der Waals surface area contributed by atoms with Gasteiger partial charge in [-0.2, -0.15) is 0 Å². The predicted molar refractivity (Wildman–Crippen MR) is 139 cm³/mol. The van der Waals surface area contributed by atoms with Gasteiger partial charge in [-0.25, -0.2) is 13.8 Å². The van der Waals surface area contributed by atoms with Crippen LogP contribution in [0.4, 0.5) is 8.78 Å². The average Bonchev–Trinajstić information content (AvgIpc) is 3.28. The van der Waals surface area contributed by atoms with Gasteiger partial charge in [-0.3, -0.25) is 4.79 Å². The quantitative estimate of drug-likeness (QED) is 0.361. The van der Waals surface area contributed by atoms with Gasteiger partial charge in [0.25, 0.3) is 5.91 Å². The molecular formula is C28H32ClF2N3O3. The minimum Gasteiger partial charge on any atom is -0.489 e. The molecule has 0 saturated carbocycles. The number of benzene rings is 2. The summed E-state index contributed by atoms with van der Waals surface area (Å²) < 4.78 is 37.9. The van der Waals surface area contributed by atoms with E-state index in [0.717, 1.165) is 25.2 Å². The zero-order valence-electron chi connectivity index (χ0n) is 21.2. The van der Waals surface area contributed by atoms with Crippen LogP contribution in [0.15, 0.2) is 36.5 Å². The maximum Gasteiger partial charge on any atom is 0.251 e. The fourth-order valence-corrected chi connectivity index (χ4v) is 4.90. The van der Waals surface area contributed by atoms with Gasteiger partial charge in [-0.1, -0.05) is 18.5 Å². The van der Waals surface area contributed by atoms with E-state index >= 15 is 8.78 Å². The first-order chi connectivity index (χ1) is 17.7. The summed E-state index contributed by atoms with van der Waals surface area (Å²) in [5.41, 5.74) is 1.03. The molecule has 1 aliphatic heterocycles. The second-order valence-corrected chi connectivity index (χ2v) is 10.2. The van der Waals surface area contributed by atoms with E-state index in [2.05, 4.69) is 17.2 Å². The molecule has 3 aromatic rings. The van der Waals surface area contributed by atoms with Crippen LogP contribution in [0.1, 0.15) is 67.7 Å². The van der Waals surface area contributed by atoms with Crippen molar-refractivity contribution in [2.24, 2.45) is 0 Å². The van der Waals surface area contributed by atoms with Crippen molar-refractivity contribution in [3.05, 3.63) is 70.1 Å². The van der Waals surface area contributed by atoms with E-state index in [-0.39, 0.29) is 41.7 Å². The Morgan fingerprint density at radius 3 is 2.62 bits per heavy atom. The number of hydrogen-bond acceptors (Lipinski definition) is 4. The van der Waals surface area contributed by atoms with E-state index in [1.807, 2.05) is 24.6 Å². The molecule has 9 heteroatoms. The smallest absolute Gasteiger partial charge is 0.251 e. The molecule has 0 saturated heterocycles. The highest BCUT2D eigenvalue weighted by Crippen LogP contribution is 2.31. The monoisotopic (exact) mass is 531 g/mol. The van der Waals surface area contributed by atoms with Crippen LogP contribution in [0, 0.1) is 11.6 Å². The highest BCUT2D eigenvalue weighted by Gasteiger charge is 2.23. The number of carbonyl (C=O) groups excluding carboxylic acids is 1. The Bertz CT molecular complexity index is 1250. The van der Waals surface area contributed by atoms with Crippen molar-refractivity contribution in [3.63, 3.8) is 0 Å². The molecule has 2 heterocycles. The first-order valence-corrected chi connectivity index (χ1v) is 13.0. The van der Waals surface area contributed by atoms with Gasteiger partial charge in [0.1, 0.15) is 23.2 Å². The lowest BCUT2D eigenvalue weighted by atomic mass is 9.99. The predicted octanol–water partition coefficient (Wildman–Crippen LogP) is 5.89. The largest absolute Gasteiger partial charge is 0.489 e. The molecule has 1 aromatic heterocycles. The molecule has 1 amide bonds. The molecule has 0 aliphatic carbocycles. The number of imidazole rings is 1. The fraction of sp³-hybridized carbons (Fsp3) is 0.429. The number of aryl methyl sites for hydroxylation is 1. The maximum absolute atomic E-state index is 15.1. The number of aliphatic hydroxyl groups is 1. The standard InChI is InChI=1S/C28H32ClF2N3O3/c1-16(2)37-26-7-6-18(11-22(26)29)28(36)32-20(8-10-35)14-21-23(30)12-19(13-24(21)31)25-15-34-9-4-5-17(3)27(34)33-25/h6-7,11-13,15-17,20,35H,4-5,8-10,14H2,1-3H3,(H,32,36). The highest BCUT2D eigenvalue weighted by atomic mass is 35.5. The van der Waals surface area contributed by atoms with Crippen molar-refractivity contribution in [1.82, 2.24) is 14.9 Å². The van der Waals surface area contributed by atoms with Crippen LogP contribution < -0.4 is 10.1 Å². The Morgan fingerprint density at radius 1 is 1.27 bits per heavy atom. The van der Waals surface area contributed by atoms with Crippen molar-refractivity contribution in [3.8, 4) is 17.0 Å². The van der Waals surface area contributed by atoms with Crippen molar-refractivity contribution in [2.45, 2.75) is 71.1 Å². The number of nitrogens with one attached hydrogen (secondary N) is 1. The maximum atomic E-state index is 15.1. The molecule has 0 radical (unpaired) electrons. The zero-order valence-corrected chi connectivity index (χ0v) is 22.0. The van der Waals surface area contributed by atoms with Gasteiger partial charge < -0.3 is 19.7 Å². The summed E-state index contributed by atoms with van der Waals surface area (Å²) in [6, 6.07) is 6.51. The molecule has 1 aliphatic rings. The summed E-state index contributed by atoms with van der Waals surface area (Å²) in [6.45, 7) is 6.42. The Morgan fingerprint density at radius 2 is 2.00 bits per heavy atom. The molecule has 2 atom stereocenters. The van der Waals surface area contributed by atoms with Gasteiger partial charge in [0.15, 0.2) is 0 Å². The van der Waals surface area contributed by atoms with Crippen molar-refractivity contribution < 1.29 is 23.4 Å². The number of carbonyl (C=O) groups is 1. The lowest BCUT2D eigenvalue weighted by Gasteiger charge is -2.19. The topological polar surface area (TPSA) is 76.4 Å². The van der Waals surface area contributed by atoms with E-state index in [4.69, 9.17) is 16.3 Å². The number of nitrogens with zero attached hydrogens (tertiary/aromatic N) is 2. The van der Waals surface area contributed by atoms with Crippen LogP contribution in [-0.2, 0) is 13.0 Å². The molecule has 37 heavy (non-hydrogen) atoms. The molecule has 2 unspecified atom stereocenters. The Labute approximate surface area is 220 Å². The first kappa shape index (κ1) is 27.1. The minimum absolute atomic E-state index is 0.0788. The molecule has 0 bridgehead atoms. The number of aliphatic hydroxyl groups excluding tert-OH is 1. The zero-order chi connectivity index (χ0) is 26.7. The van der Waals surface area contributed by atoms with Crippen LogP contribution in [-0.4, -0.2) is 39.3 Å². The molecule has 0 spiro atoms. The van der Waals surface area contributed by atoms with E-state index in [9.17, 15) is 9.90 Å². The van der Waals surface area contributed by atoms with E-state index in [1.54, 1.807) is 12.1 Å². The Kier molecular flexibility index (Phi) is 8.49. The van der Waals surface area contributed by atoms with Gasteiger partial charge in [0.05, 0.1) is 16.8 Å². The summed E-state index contributed by atoms with van der Waals surface area (Å²) in [6.07, 6.45) is 3.86. The number of rotatable bonds is 9. The summed E-state index contributed by atoms with van der Waals surface area (Å²) in [7, 11) is 0. The van der Waals surface area contributed by atoms with Crippen LogP contribution in [0.25, 0.3) is 11.3 Å². The third-order valence-corrected chi connectivity index (χ3v) is 6.84. The third kappa shape index (κ3) is 6.30. The molecule has 6 nitrogen and oxygen atoms in total. The van der Waals surface area contributed by atoms with Crippen molar-refractivity contribution in [2.75, 3.05) is 6.61 Å². The number of fused-ring (bicyclic) bond motifs is 1.